The van der Waals surface area contributed by atoms with Gasteiger partial charge in [-0.2, -0.15) is 5.10 Å². The van der Waals surface area contributed by atoms with E-state index in [1.54, 1.807) is 34.1 Å². The number of fused-ring (bicyclic) bond motifs is 2. The highest BCUT2D eigenvalue weighted by Gasteiger charge is 2.40. The first-order valence-electron chi connectivity index (χ1n) is 13.1. The molecule has 2 saturated heterocycles. The fraction of sp³-hybridized carbons (Fsp3) is 0.429. The van der Waals surface area contributed by atoms with Gasteiger partial charge >= 0.3 is 0 Å². The SMILES string of the molecule is CC1(C(=O)N2CCN(C(=O)c3c(F)c(Cc4n[nH]c(=O)c5ccccc45)cc4c3OCC4)CC2)CCCN1. The molecule has 0 radical (unpaired) electrons. The summed E-state index contributed by atoms with van der Waals surface area (Å²) in [6.45, 7) is 4.59. The minimum absolute atomic E-state index is 0.0557. The summed E-state index contributed by atoms with van der Waals surface area (Å²) in [6, 6.07) is 8.80. The number of ether oxygens (including phenoxy) is 1. The minimum Gasteiger partial charge on any atom is -0.492 e. The Labute approximate surface area is 219 Å². The van der Waals surface area contributed by atoms with Crippen molar-refractivity contribution in [2.45, 2.75) is 38.1 Å². The normalized spacial score (nSPS) is 21.0. The molecule has 1 atom stereocenters. The lowest BCUT2D eigenvalue weighted by Gasteiger charge is -2.38. The zero-order valence-electron chi connectivity index (χ0n) is 21.3. The van der Waals surface area contributed by atoms with Gasteiger partial charge in [-0.15, -0.1) is 0 Å². The van der Waals surface area contributed by atoms with Crippen molar-refractivity contribution >= 4 is 22.6 Å². The van der Waals surface area contributed by atoms with Crippen LogP contribution in [-0.4, -0.2) is 76.7 Å². The number of piperazine rings is 1. The number of amides is 2. The van der Waals surface area contributed by atoms with E-state index in [1.165, 1.54) is 0 Å². The third-order valence-corrected chi connectivity index (χ3v) is 8.03. The van der Waals surface area contributed by atoms with Crippen molar-refractivity contribution in [1.82, 2.24) is 25.3 Å². The molecule has 3 aromatic rings. The molecule has 2 N–H and O–H groups in total. The van der Waals surface area contributed by atoms with Crippen molar-refractivity contribution in [3.05, 3.63) is 68.9 Å². The van der Waals surface area contributed by atoms with Gasteiger partial charge in [-0.3, -0.25) is 14.4 Å². The van der Waals surface area contributed by atoms with E-state index in [1.807, 2.05) is 13.0 Å². The van der Waals surface area contributed by atoms with E-state index >= 15 is 4.39 Å². The maximum absolute atomic E-state index is 16.1. The van der Waals surface area contributed by atoms with Crippen LogP contribution in [0.5, 0.6) is 5.75 Å². The van der Waals surface area contributed by atoms with Crippen molar-refractivity contribution in [3.63, 3.8) is 0 Å². The molecule has 4 heterocycles. The molecule has 38 heavy (non-hydrogen) atoms. The van der Waals surface area contributed by atoms with Gasteiger partial charge in [0, 0.05) is 44.4 Å². The molecular formula is C28H30FN5O4. The summed E-state index contributed by atoms with van der Waals surface area (Å²) in [6.07, 6.45) is 2.46. The molecule has 9 nitrogen and oxygen atoms in total. The molecule has 3 aliphatic heterocycles. The van der Waals surface area contributed by atoms with Gasteiger partial charge in [0.2, 0.25) is 5.91 Å². The van der Waals surface area contributed by atoms with E-state index in [4.69, 9.17) is 4.74 Å². The van der Waals surface area contributed by atoms with Crippen molar-refractivity contribution in [3.8, 4) is 5.75 Å². The highest BCUT2D eigenvalue weighted by atomic mass is 19.1. The number of aromatic nitrogens is 2. The van der Waals surface area contributed by atoms with Crippen LogP contribution in [0.3, 0.4) is 0 Å². The number of nitrogens with one attached hydrogen (secondary N) is 2. The second-order valence-electron chi connectivity index (χ2n) is 10.5. The maximum Gasteiger partial charge on any atom is 0.272 e. The summed E-state index contributed by atoms with van der Waals surface area (Å²) in [5.74, 6) is -0.704. The Kier molecular flexibility index (Phi) is 6.14. The van der Waals surface area contributed by atoms with E-state index in [-0.39, 0.29) is 23.5 Å². The Hall–Kier alpha value is -3.79. The number of hydrogen-bond donors (Lipinski definition) is 2. The van der Waals surface area contributed by atoms with Crippen LogP contribution in [-0.2, 0) is 17.6 Å². The molecule has 1 unspecified atom stereocenters. The Morgan fingerprint density at radius 1 is 1.13 bits per heavy atom. The van der Waals surface area contributed by atoms with Gasteiger partial charge in [-0.05, 0) is 49.6 Å². The molecule has 0 bridgehead atoms. The summed E-state index contributed by atoms with van der Waals surface area (Å²) < 4.78 is 21.8. The summed E-state index contributed by atoms with van der Waals surface area (Å²) >= 11 is 0. The number of benzene rings is 2. The number of H-pyrrole nitrogens is 1. The second kappa shape index (κ2) is 9.50. The van der Waals surface area contributed by atoms with Crippen molar-refractivity contribution in [2.24, 2.45) is 0 Å². The molecule has 0 aliphatic carbocycles. The van der Waals surface area contributed by atoms with Crippen LogP contribution in [0, 0.1) is 5.82 Å². The predicted molar refractivity (Wildman–Crippen MR) is 139 cm³/mol. The zero-order chi connectivity index (χ0) is 26.4. The molecule has 6 rings (SSSR count). The number of hydrogen-bond acceptors (Lipinski definition) is 6. The van der Waals surface area contributed by atoms with Crippen molar-refractivity contribution in [2.75, 3.05) is 39.3 Å². The van der Waals surface area contributed by atoms with Crippen LogP contribution in [0.4, 0.5) is 4.39 Å². The topological polar surface area (TPSA) is 108 Å². The third kappa shape index (κ3) is 4.13. The zero-order valence-corrected chi connectivity index (χ0v) is 21.3. The van der Waals surface area contributed by atoms with Crippen LogP contribution >= 0.6 is 0 Å². The molecule has 1 aromatic heterocycles. The molecule has 10 heteroatoms. The van der Waals surface area contributed by atoms with Gasteiger partial charge < -0.3 is 19.9 Å². The summed E-state index contributed by atoms with van der Waals surface area (Å²) in [5, 5.41) is 11.1. The number of nitrogens with zero attached hydrogens (tertiary/aromatic N) is 3. The molecule has 0 saturated carbocycles. The Morgan fingerprint density at radius 2 is 1.87 bits per heavy atom. The van der Waals surface area contributed by atoms with Gasteiger partial charge in [0.25, 0.3) is 11.5 Å². The number of carbonyl (C=O) groups excluding carboxylic acids is 2. The largest absolute Gasteiger partial charge is 0.492 e. The van der Waals surface area contributed by atoms with Crippen molar-refractivity contribution in [1.29, 1.82) is 0 Å². The Bertz CT molecular complexity index is 1490. The standard InChI is InChI=1S/C28H30FN5O4/c1-28(8-4-9-30-28)27(37)34-12-10-33(11-13-34)26(36)22-23(29)18(15-17-7-14-38-24(17)22)16-21-19-5-2-3-6-20(19)25(35)32-31-21/h2-3,5-6,15,30H,4,7-14,16H2,1H3,(H,32,35). The van der Waals surface area contributed by atoms with E-state index in [0.29, 0.717) is 67.0 Å². The number of halogens is 1. The van der Waals surface area contributed by atoms with Crippen LogP contribution in [0.2, 0.25) is 0 Å². The lowest BCUT2D eigenvalue weighted by molar-refractivity contribution is -0.138. The van der Waals surface area contributed by atoms with Crippen LogP contribution in [0.1, 0.15) is 46.9 Å². The molecule has 2 aromatic carbocycles. The third-order valence-electron chi connectivity index (χ3n) is 8.03. The molecule has 2 fully saturated rings. The molecule has 0 spiro atoms. The number of aromatic amines is 1. The number of carbonyl (C=O) groups is 2. The van der Waals surface area contributed by atoms with Crippen LogP contribution < -0.4 is 15.6 Å². The molecule has 198 valence electrons. The van der Waals surface area contributed by atoms with E-state index in [2.05, 4.69) is 15.5 Å². The predicted octanol–water partition coefficient (Wildman–Crippen LogP) is 2.01. The lowest BCUT2D eigenvalue weighted by atomic mass is 9.96. The average Bonchev–Trinajstić information content (AvgIpc) is 3.59. The van der Waals surface area contributed by atoms with E-state index < -0.39 is 17.3 Å². The molecule has 2 amide bonds. The van der Waals surface area contributed by atoms with Gasteiger partial charge in [0.15, 0.2) is 0 Å². The molecular weight excluding hydrogens is 489 g/mol. The Morgan fingerprint density at radius 3 is 2.61 bits per heavy atom. The molecule has 3 aliphatic rings. The minimum atomic E-state index is -0.631. The van der Waals surface area contributed by atoms with E-state index in [0.717, 1.165) is 24.9 Å². The van der Waals surface area contributed by atoms with Crippen LogP contribution in [0.15, 0.2) is 35.1 Å². The van der Waals surface area contributed by atoms with Crippen LogP contribution in [0.25, 0.3) is 10.8 Å². The van der Waals surface area contributed by atoms with Gasteiger partial charge in [0.05, 0.1) is 23.2 Å². The summed E-state index contributed by atoms with van der Waals surface area (Å²) in [7, 11) is 0. The summed E-state index contributed by atoms with van der Waals surface area (Å²) in [4.78, 5) is 42.3. The van der Waals surface area contributed by atoms with Gasteiger partial charge in [0.1, 0.15) is 17.1 Å². The first-order valence-corrected chi connectivity index (χ1v) is 13.1. The quantitative estimate of drug-likeness (QED) is 0.546. The lowest BCUT2D eigenvalue weighted by Crippen LogP contribution is -2.58. The second-order valence-corrected chi connectivity index (χ2v) is 10.5. The highest BCUT2D eigenvalue weighted by molar-refractivity contribution is 5.98. The smallest absolute Gasteiger partial charge is 0.272 e. The van der Waals surface area contributed by atoms with Gasteiger partial charge in [-0.1, -0.05) is 18.2 Å². The first kappa shape index (κ1) is 24.5. The summed E-state index contributed by atoms with van der Waals surface area (Å²) in [5.41, 5.74) is 0.717. The monoisotopic (exact) mass is 519 g/mol. The number of rotatable bonds is 4. The first-order chi connectivity index (χ1) is 18.4. The fourth-order valence-electron chi connectivity index (χ4n) is 5.88. The van der Waals surface area contributed by atoms with Crippen molar-refractivity contribution < 1.29 is 18.7 Å². The average molecular weight is 520 g/mol. The fourth-order valence-corrected chi connectivity index (χ4v) is 5.88. The highest BCUT2D eigenvalue weighted by Crippen LogP contribution is 2.36. The van der Waals surface area contributed by atoms with E-state index in [9.17, 15) is 14.4 Å². The Balaban J connectivity index is 1.27. The van der Waals surface area contributed by atoms with Gasteiger partial charge in [-0.25, -0.2) is 9.49 Å². The maximum atomic E-state index is 16.1.